The Labute approximate surface area is 174 Å². The van der Waals surface area contributed by atoms with Crippen LogP contribution >= 0.6 is 11.3 Å². The van der Waals surface area contributed by atoms with Gasteiger partial charge in [0.25, 0.3) is 5.56 Å². The maximum Gasteiger partial charge on any atom is 0.291 e. The third-order valence-corrected chi connectivity index (χ3v) is 6.13. The number of aromatic nitrogens is 8. The van der Waals surface area contributed by atoms with E-state index in [-0.39, 0.29) is 12.1 Å². The number of fused-ring (bicyclic) bond motifs is 3. The Bertz CT molecular complexity index is 1410. The molecule has 5 aromatic rings. The number of aromatic amines is 1. The third kappa shape index (κ3) is 3.02. The fourth-order valence-electron chi connectivity index (χ4n) is 3.70. The Morgan fingerprint density at radius 3 is 2.93 bits per heavy atom. The van der Waals surface area contributed by atoms with Gasteiger partial charge in [0.15, 0.2) is 5.65 Å². The van der Waals surface area contributed by atoms with Crippen molar-refractivity contribution in [1.82, 2.24) is 39.3 Å². The van der Waals surface area contributed by atoms with Crippen molar-refractivity contribution >= 4 is 32.6 Å². The van der Waals surface area contributed by atoms with Gasteiger partial charge in [0, 0.05) is 51.0 Å². The molecular weight excluding hydrogens is 404 g/mol. The summed E-state index contributed by atoms with van der Waals surface area (Å²) in [5.74, 6) is 0. The lowest BCUT2D eigenvalue weighted by Crippen LogP contribution is -2.25. The number of aryl methyl sites for hydroxylation is 2. The zero-order chi connectivity index (χ0) is 20.8. The van der Waals surface area contributed by atoms with Crippen molar-refractivity contribution in [3.63, 3.8) is 0 Å². The summed E-state index contributed by atoms with van der Waals surface area (Å²) in [6.07, 6.45) is 6.08. The molecule has 5 aromatic heterocycles. The minimum atomic E-state index is -0.164. The van der Waals surface area contributed by atoms with Gasteiger partial charge in [0.05, 0.1) is 35.4 Å². The van der Waals surface area contributed by atoms with Crippen molar-refractivity contribution in [2.24, 2.45) is 14.1 Å². The van der Waals surface area contributed by atoms with E-state index < -0.39 is 0 Å². The van der Waals surface area contributed by atoms with Crippen LogP contribution in [0.1, 0.15) is 22.0 Å². The molecule has 10 nitrogen and oxygen atoms in total. The molecule has 30 heavy (non-hydrogen) atoms. The van der Waals surface area contributed by atoms with Crippen LogP contribution in [-0.2, 0) is 38.4 Å². The van der Waals surface area contributed by atoms with Crippen molar-refractivity contribution in [2.75, 3.05) is 7.11 Å². The summed E-state index contributed by atoms with van der Waals surface area (Å²) in [5, 5.41) is 17.7. The quantitative estimate of drug-likeness (QED) is 0.443. The first-order valence-electron chi connectivity index (χ1n) is 9.38. The van der Waals surface area contributed by atoms with Gasteiger partial charge in [0.2, 0.25) is 0 Å². The van der Waals surface area contributed by atoms with E-state index >= 15 is 0 Å². The molecule has 5 rings (SSSR count). The van der Waals surface area contributed by atoms with Crippen LogP contribution in [0, 0.1) is 0 Å². The number of methoxy groups -OCH3 is 1. The third-order valence-electron chi connectivity index (χ3n) is 5.05. The lowest BCUT2D eigenvalue weighted by Gasteiger charge is -2.05. The number of hydrogen-bond acceptors (Lipinski definition) is 7. The first kappa shape index (κ1) is 18.7. The summed E-state index contributed by atoms with van der Waals surface area (Å²) in [7, 11) is 5.35. The Morgan fingerprint density at radius 2 is 2.17 bits per heavy atom. The summed E-state index contributed by atoms with van der Waals surface area (Å²) in [5.41, 5.74) is 3.85. The van der Waals surface area contributed by atoms with Crippen LogP contribution in [0.25, 0.3) is 21.3 Å². The Kier molecular flexibility index (Phi) is 4.48. The summed E-state index contributed by atoms with van der Waals surface area (Å²) in [6.45, 7) is 0.716. The topological polar surface area (TPSA) is 108 Å². The van der Waals surface area contributed by atoms with Crippen LogP contribution in [0.2, 0.25) is 0 Å². The number of nitrogens with zero attached hydrogens (tertiary/aromatic N) is 7. The minimum absolute atomic E-state index is 0.164. The maximum atomic E-state index is 13.2. The Hall–Kier alpha value is -3.31. The monoisotopic (exact) mass is 424 g/mol. The van der Waals surface area contributed by atoms with Gasteiger partial charge in [-0.25, -0.2) is 9.67 Å². The fourth-order valence-corrected chi connectivity index (χ4v) is 4.82. The van der Waals surface area contributed by atoms with Gasteiger partial charge in [-0.3, -0.25) is 14.6 Å². The molecule has 11 heteroatoms. The summed E-state index contributed by atoms with van der Waals surface area (Å²) < 4.78 is 11.2. The van der Waals surface area contributed by atoms with Crippen LogP contribution in [0.5, 0.6) is 0 Å². The molecule has 0 aromatic carbocycles. The number of H-pyrrole nitrogens is 1. The van der Waals surface area contributed by atoms with Gasteiger partial charge >= 0.3 is 0 Å². The van der Waals surface area contributed by atoms with Crippen molar-refractivity contribution in [1.29, 1.82) is 0 Å². The fraction of sp³-hybridized carbons (Fsp3) is 0.316. The number of hydrogen-bond donors (Lipinski definition) is 1. The first-order valence-corrected chi connectivity index (χ1v) is 10.2. The standard InChI is InChI=1S/C19H20N8O2S/c1-25-8-11(10-29-3)14(24-25)9-27-19(28)16-13(7-21-27)17-18(26(16)2)22-15(30-17)6-12-4-5-20-23-12/h4-5,7-8H,6,9-10H2,1-3H3,(H,20,23). The average molecular weight is 424 g/mol. The van der Waals surface area contributed by atoms with Gasteiger partial charge in [-0.2, -0.15) is 15.3 Å². The van der Waals surface area contributed by atoms with Crippen molar-refractivity contribution in [3.8, 4) is 0 Å². The molecule has 0 spiro atoms. The highest BCUT2D eigenvalue weighted by molar-refractivity contribution is 7.19. The summed E-state index contributed by atoms with van der Waals surface area (Å²) >= 11 is 1.57. The minimum Gasteiger partial charge on any atom is -0.380 e. The van der Waals surface area contributed by atoms with Gasteiger partial charge in [-0.15, -0.1) is 11.3 Å². The van der Waals surface area contributed by atoms with Crippen LogP contribution in [0.3, 0.4) is 0 Å². The average Bonchev–Trinajstić information content (AvgIpc) is 3.47. The number of rotatable bonds is 6. The predicted molar refractivity (Wildman–Crippen MR) is 113 cm³/mol. The largest absolute Gasteiger partial charge is 0.380 e. The van der Waals surface area contributed by atoms with Crippen LogP contribution in [0.15, 0.2) is 29.5 Å². The van der Waals surface area contributed by atoms with E-state index in [1.807, 2.05) is 30.9 Å². The molecule has 0 unspecified atom stereocenters. The lowest BCUT2D eigenvalue weighted by molar-refractivity contribution is 0.184. The zero-order valence-electron chi connectivity index (χ0n) is 16.8. The van der Waals surface area contributed by atoms with Gasteiger partial charge < -0.3 is 9.30 Å². The first-order chi connectivity index (χ1) is 14.5. The van der Waals surface area contributed by atoms with E-state index in [2.05, 4.69) is 20.4 Å². The van der Waals surface area contributed by atoms with E-state index in [0.717, 1.165) is 37.7 Å². The normalized spacial score (nSPS) is 11.8. The van der Waals surface area contributed by atoms with E-state index in [9.17, 15) is 4.79 Å². The molecular formula is C19H20N8O2S. The van der Waals surface area contributed by atoms with E-state index in [1.54, 1.807) is 35.5 Å². The van der Waals surface area contributed by atoms with E-state index in [4.69, 9.17) is 9.72 Å². The molecule has 0 aliphatic rings. The SMILES string of the molecule is COCc1cn(C)nc1Cn1ncc2c3sc(Cc4cc[nH]n4)nc3n(C)c2c1=O. The number of thiazole rings is 1. The van der Waals surface area contributed by atoms with Crippen LogP contribution in [0.4, 0.5) is 0 Å². The second-order valence-electron chi connectivity index (χ2n) is 7.14. The molecule has 0 radical (unpaired) electrons. The number of nitrogens with one attached hydrogen (secondary N) is 1. The molecule has 154 valence electrons. The van der Waals surface area contributed by atoms with Crippen molar-refractivity contribution in [3.05, 3.63) is 57.0 Å². The Morgan fingerprint density at radius 1 is 1.30 bits per heavy atom. The van der Waals surface area contributed by atoms with Crippen LogP contribution < -0.4 is 5.56 Å². The maximum absolute atomic E-state index is 13.2. The second-order valence-corrected chi connectivity index (χ2v) is 8.22. The Balaban J connectivity index is 1.56. The summed E-state index contributed by atoms with van der Waals surface area (Å²) in [4.78, 5) is 18.0. The highest BCUT2D eigenvalue weighted by Crippen LogP contribution is 2.31. The predicted octanol–water partition coefficient (Wildman–Crippen LogP) is 1.59. The molecule has 0 atom stereocenters. The molecule has 0 amide bonds. The van der Waals surface area contributed by atoms with Crippen molar-refractivity contribution < 1.29 is 4.74 Å². The highest BCUT2D eigenvalue weighted by Gasteiger charge is 2.19. The molecule has 0 saturated heterocycles. The molecule has 0 saturated carbocycles. The smallest absolute Gasteiger partial charge is 0.291 e. The summed E-state index contributed by atoms with van der Waals surface area (Å²) in [6, 6.07) is 1.93. The highest BCUT2D eigenvalue weighted by atomic mass is 32.1. The molecule has 0 aliphatic carbocycles. The van der Waals surface area contributed by atoms with E-state index in [0.29, 0.717) is 18.5 Å². The number of ether oxygens (including phenoxy) is 1. The molecule has 5 heterocycles. The van der Waals surface area contributed by atoms with Gasteiger partial charge in [-0.1, -0.05) is 0 Å². The van der Waals surface area contributed by atoms with Crippen molar-refractivity contribution in [2.45, 2.75) is 19.6 Å². The zero-order valence-corrected chi connectivity index (χ0v) is 17.6. The lowest BCUT2D eigenvalue weighted by atomic mass is 10.2. The molecule has 0 fully saturated rings. The molecule has 0 aliphatic heterocycles. The van der Waals surface area contributed by atoms with E-state index in [1.165, 1.54) is 4.68 Å². The van der Waals surface area contributed by atoms with Gasteiger partial charge in [0.1, 0.15) is 10.5 Å². The molecule has 0 bridgehead atoms. The second kappa shape index (κ2) is 7.18. The van der Waals surface area contributed by atoms with Crippen LogP contribution in [-0.4, -0.2) is 46.4 Å². The molecule has 1 N–H and O–H groups in total. The van der Waals surface area contributed by atoms with Gasteiger partial charge in [-0.05, 0) is 6.07 Å².